The minimum atomic E-state index is -1.42. The number of carbonyl (C=O) groups is 2. The number of aliphatic hydroxyl groups is 1. The van der Waals surface area contributed by atoms with Crippen LogP contribution >= 0.6 is 0 Å². The van der Waals surface area contributed by atoms with Gasteiger partial charge in [0.2, 0.25) is 0 Å². The molecule has 1 fully saturated rings. The number of carbonyl (C=O) groups excluding carboxylic acids is 2. The Morgan fingerprint density at radius 1 is 0.974 bits per heavy atom. The van der Waals surface area contributed by atoms with E-state index in [2.05, 4.69) is 10.5 Å². The van der Waals surface area contributed by atoms with Crippen LogP contribution in [-0.4, -0.2) is 28.7 Å². The number of amides is 1. The molecule has 2 N–H and O–H groups in total. The van der Waals surface area contributed by atoms with Gasteiger partial charge in [-0.2, -0.15) is 0 Å². The number of nitrogens with one attached hydrogen (secondary N) is 1. The van der Waals surface area contributed by atoms with Gasteiger partial charge in [-0.1, -0.05) is 84.0 Å². The minimum absolute atomic E-state index is 0.147. The molecule has 1 heterocycles. The van der Waals surface area contributed by atoms with Gasteiger partial charge in [-0.3, -0.25) is 9.59 Å². The van der Waals surface area contributed by atoms with E-state index >= 15 is 0 Å². The summed E-state index contributed by atoms with van der Waals surface area (Å²) < 4.78 is 10.8. The number of esters is 1. The maximum atomic E-state index is 12.7. The predicted molar refractivity (Wildman–Crippen MR) is 143 cm³/mol. The molecule has 0 spiro atoms. The minimum Gasteiger partial charge on any atom is -0.465 e. The Morgan fingerprint density at radius 2 is 1.58 bits per heavy atom. The van der Waals surface area contributed by atoms with Crippen molar-refractivity contribution in [3.8, 4) is 22.5 Å². The maximum Gasteiger partial charge on any atom is 0.316 e. The highest BCUT2D eigenvalue weighted by molar-refractivity contribution is 5.87. The van der Waals surface area contributed by atoms with Gasteiger partial charge in [-0.15, -0.1) is 0 Å². The molecule has 1 amide bonds. The predicted octanol–water partition coefficient (Wildman–Crippen LogP) is 5.26. The van der Waals surface area contributed by atoms with Crippen LogP contribution in [0.15, 0.2) is 83.4 Å². The lowest BCUT2D eigenvalue weighted by Crippen LogP contribution is -2.29. The lowest BCUT2D eigenvalue weighted by Gasteiger charge is -2.15. The summed E-state index contributed by atoms with van der Waals surface area (Å²) in [6.45, 7) is 4.22. The number of hydrogen-bond donors (Lipinski definition) is 2. The molecule has 1 saturated carbocycles. The Balaban J connectivity index is 1.31. The monoisotopic (exact) mass is 510 g/mol. The van der Waals surface area contributed by atoms with Crippen molar-refractivity contribution >= 4 is 11.9 Å². The van der Waals surface area contributed by atoms with Crippen LogP contribution in [0.1, 0.15) is 48.3 Å². The molecule has 1 atom stereocenters. The summed E-state index contributed by atoms with van der Waals surface area (Å²) in [5.41, 5.74) is 4.93. The van der Waals surface area contributed by atoms with Gasteiger partial charge in [0.05, 0.1) is 23.3 Å². The first-order valence-corrected chi connectivity index (χ1v) is 12.8. The zero-order valence-corrected chi connectivity index (χ0v) is 21.4. The van der Waals surface area contributed by atoms with Gasteiger partial charge in [0.15, 0.2) is 11.9 Å². The Morgan fingerprint density at radius 3 is 2.18 bits per heavy atom. The van der Waals surface area contributed by atoms with E-state index in [0.717, 1.165) is 35.1 Å². The van der Waals surface area contributed by atoms with Crippen molar-refractivity contribution in [2.24, 2.45) is 0 Å². The number of aliphatic hydroxyl groups excluding tert-OH is 1. The van der Waals surface area contributed by atoms with Crippen molar-refractivity contribution < 1.29 is 24.0 Å². The highest BCUT2D eigenvalue weighted by Crippen LogP contribution is 2.49. The van der Waals surface area contributed by atoms with Gasteiger partial charge in [0.25, 0.3) is 5.91 Å². The highest BCUT2D eigenvalue weighted by Gasteiger charge is 2.52. The maximum absolute atomic E-state index is 12.7. The van der Waals surface area contributed by atoms with Crippen molar-refractivity contribution in [2.45, 2.75) is 44.8 Å². The average molecular weight is 511 g/mol. The van der Waals surface area contributed by atoms with E-state index in [9.17, 15) is 14.7 Å². The van der Waals surface area contributed by atoms with Gasteiger partial charge in [-0.05, 0) is 48.9 Å². The first-order valence-electron chi connectivity index (χ1n) is 12.8. The van der Waals surface area contributed by atoms with Crippen molar-refractivity contribution in [1.29, 1.82) is 0 Å². The fourth-order valence-corrected chi connectivity index (χ4v) is 4.72. The lowest BCUT2D eigenvalue weighted by atomic mass is 9.93. The van der Waals surface area contributed by atoms with Gasteiger partial charge < -0.3 is 19.7 Å². The summed E-state index contributed by atoms with van der Waals surface area (Å²) in [4.78, 5) is 25.1. The molecular weight excluding hydrogens is 480 g/mol. The summed E-state index contributed by atoms with van der Waals surface area (Å²) in [5.74, 6) is -0.308. The van der Waals surface area contributed by atoms with Crippen LogP contribution in [0.25, 0.3) is 22.5 Å². The topological polar surface area (TPSA) is 102 Å². The van der Waals surface area contributed by atoms with E-state index in [1.165, 1.54) is 0 Å². The molecule has 38 heavy (non-hydrogen) atoms. The van der Waals surface area contributed by atoms with Crippen LogP contribution in [0.3, 0.4) is 0 Å². The normalized spacial score (nSPS) is 14.5. The number of ether oxygens (including phenoxy) is 1. The molecule has 1 aromatic heterocycles. The van der Waals surface area contributed by atoms with Gasteiger partial charge in [0, 0.05) is 12.1 Å². The molecule has 7 nitrogen and oxygen atoms in total. The molecule has 1 unspecified atom stereocenters. The number of nitrogens with zero attached hydrogens (tertiary/aromatic N) is 1. The van der Waals surface area contributed by atoms with Crippen LogP contribution in [0, 0.1) is 6.92 Å². The third-order valence-corrected chi connectivity index (χ3v) is 7.07. The Kier molecular flexibility index (Phi) is 7.11. The molecule has 3 aromatic carbocycles. The molecule has 7 heteroatoms. The second-order valence-electron chi connectivity index (χ2n) is 9.57. The van der Waals surface area contributed by atoms with Gasteiger partial charge in [-0.25, -0.2) is 0 Å². The number of rotatable bonds is 9. The van der Waals surface area contributed by atoms with Crippen molar-refractivity contribution in [3.63, 3.8) is 0 Å². The second kappa shape index (κ2) is 10.6. The standard InChI is InChI=1S/C31H30N2O5/c1-3-37-30(36)31(17-18-31)25-15-13-23(14-16-25)22-9-11-24(12-10-22)28-26(20(2)33-38-28)27(34)29(35)32-19-21-7-5-4-6-8-21/h4-16,27,34H,3,17-19H2,1-2H3,(H,32,35). The van der Waals surface area contributed by atoms with E-state index in [4.69, 9.17) is 9.26 Å². The third kappa shape index (κ3) is 4.97. The van der Waals surface area contributed by atoms with Crippen molar-refractivity contribution in [1.82, 2.24) is 10.5 Å². The first-order chi connectivity index (χ1) is 18.4. The summed E-state index contributed by atoms with van der Waals surface area (Å²) in [5, 5.41) is 17.6. The Labute approximate surface area is 221 Å². The van der Waals surface area contributed by atoms with E-state index in [1.54, 1.807) is 6.92 Å². The second-order valence-corrected chi connectivity index (χ2v) is 9.57. The number of hydrogen-bond acceptors (Lipinski definition) is 6. The smallest absolute Gasteiger partial charge is 0.316 e. The van der Waals surface area contributed by atoms with Gasteiger partial charge in [0.1, 0.15) is 0 Å². The van der Waals surface area contributed by atoms with Crippen molar-refractivity contribution in [3.05, 3.63) is 101 Å². The largest absolute Gasteiger partial charge is 0.465 e. The fourth-order valence-electron chi connectivity index (χ4n) is 4.72. The van der Waals surface area contributed by atoms with Crippen LogP contribution in [-0.2, 0) is 26.3 Å². The highest BCUT2D eigenvalue weighted by atomic mass is 16.5. The number of aryl methyl sites for hydroxylation is 1. The fraction of sp³-hybridized carbons (Fsp3) is 0.258. The summed E-state index contributed by atoms with van der Waals surface area (Å²) in [7, 11) is 0. The summed E-state index contributed by atoms with van der Waals surface area (Å²) in [6.07, 6.45) is 0.213. The molecule has 1 aliphatic carbocycles. The summed E-state index contributed by atoms with van der Waals surface area (Å²) >= 11 is 0. The van der Waals surface area contributed by atoms with Crippen molar-refractivity contribution in [2.75, 3.05) is 6.61 Å². The zero-order chi connectivity index (χ0) is 26.7. The molecular formula is C31H30N2O5. The quantitative estimate of drug-likeness (QED) is 0.298. The van der Waals surface area contributed by atoms with Crippen LogP contribution in [0.4, 0.5) is 0 Å². The van der Waals surface area contributed by atoms with E-state index in [-0.39, 0.29) is 5.97 Å². The first kappa shape index (κ1) is 25.4. The summed E-state index contributed by atoms with van der Waals surface area (Å²) in [6, 6.07) is 25.2. The third-order valence-electron chi connectivity index (χ3n) is 7.07. The molecule has 0 radical (unpaired) electrons. The van der Waals surface area contributed by atoms with Crippen LogP contribution < -0.4 is 5.32 Å². The number of benzene rings is 3. The molecule has 0 aliphatic heterocycles. The Hall–Kier alpha value is -4.23. The van der Waals surface area contributed by atoms with E-state index < -0.39 is 17.4 Å². The van der Waals surface area contributed by atoms with Gasteiger partial charge >= 0.3 is 5.97 Å². The SMILES string of the molecule is CCOC(=O)C1(c2ccc(-c3ccc(-c4onc(C)c4C(O)C(=O)NCc4ccccc4)cc3)cc2)CC1. The molecule has 4 aromatic rings. The molecule has 194 valence electrons. The Bertz CT molecular complexity index is 1420. The molecule has 0 bridgehead atoms. The zero-order valence-electron chi connectivity index (χ0n) is 21.4. The molecule has 0 saturated heterocycles. The lowest BCUT2D eigenvalue weighted by molar-refractivity contribution is -0.146. The van der Waals surface area contributed by atoms with E-state index in [1.807, 2.05) is 85.8 Å². The van der Waals surface area contributed by atoms with Crippen LogP contribution in [0.5, 0.6) is 0 Å². The van der Waals surface area contributed by atoms with Crippen LogP contribution in [0.2, 0.25) is 0 Å². The van der Waals surface area contributed by atoms with E-state index in [0.29, 0.717) is 35.7 Å². The molecule has 5 rings (SSSR count). The number of aromatic nitrogens is 1. The average Bonchev–Trinajstić information content (AvgIpc) is 3.68. The molecule has 1 aliphatic rings.